The lowest BCUT2D eigenvalue weighted by Gasteiger charge is -2.58. The number of carboxylic acids is 1. The molecule has 0 spiro atoms. The van der Waals surface area contributed by atoms with E-state index in [0.717, 1.165) is 0 Å². The quantitative estimate of drug-likeness (QED) is 0.871. The standard InChI is InChI=1S/C16H23NO5/c1-6-21-12-8-16(14(19)20,15(12,4)5)17-13(18)11-7-9(2)22-10(11)3/h7,12H,6,8H2,1-5H3,(H,17,18)(H,19,20). The predicted molar refractivity (Wildman–Crippen MR) is 79.8 cm³/mol. The topological polar surface area (TPSA) is 88.8 Å². The van der Waals surface area contributed by atoms with Crippen molar-refractivity contribution >= 4 is 11.9 Å². The average Bonchev–Trinajstić information content (AvgIpc) is 2.75. The van der Waals surface area contributed by atoms with Crippen LogP contribution in [0.5, 0.6) is 0 Å². The lowest BCUT2D eigenvalue weighted by molar-refractivity contribution is -0.190. The molecule has 1 aliphatic rings. The summed E-state index contributed by atoms with van der Waals surface area (Å²) in [5.41, 5.74) is -1.66. The molecule has 1 saturated carbocycles. The van der Waals surface area contributed by atoms with Gasteiger partial charge in [0, 0.05) is 18.4 Å². The number of carbonyl (C=O) groups is 2. The van der Waals surface area contributed by atoms with E-state index >= 15 is 0 Å². The van der Waals surface area contributed by atoms with Crippen molar-refractivity contribution in [2.45, 2.75) is 52.7 Å². The summed E-state index contributed by atoms with van der Waals surface area (Å²) in [5.74, 6) is -0.374. The van der Waals surface area contributed by atoms with Crippen LogP contribution in [0.4, 0.5) is 0 Å². The molecule has 0 bridgehead atoms. The highest BCUT2D eigenvalue weighted by Gasteiger charge is 2.66. The van der Waals surface area contributed by atoms with E-state index in [9.17, 15) is 14.7 Å². The van der Waals surface area contributed by atoms with E-state index in [0.29, 0.717) is 23.7 Å². The second-order valence-electron chi connectivity index (χ2n) is 6.36. The zero-order valence-corrected chi connectivity index (χ0v) is 13.6. The van der Waals surface area contributed by atoms with Crippen molar-refractivity contribution in [2.24, 2.45) is 5.41 Å². The summed E-state index contributed by atoms with van der Waals surface area (Å²) < 4.78 is 10.9. The fourth-order valence-corrected chi connectivity index (χ4v) is 3.15. The fourth-order valence-electron chi connectivity index (χ4n) is 3.15. The third kappa shape index (κ3) is 2.31. The van der Waals surface area contributed by atoms with Gasteiger partial charge in [0.15, 0.2) is 0 Å². The zero-order valence-electron chi connectivity index (χ0n) is 13.6. The summed E-state index contributed by atoms with van der Waals surface area (Å²) in [6.07, 6.45) is 0.0613. The number of carbonyl (C=O) groups excluding carboxylic acids is 1. The molecule has 2 atom stereocenters. The second kappa shape index (κ2) is 5.43. The number of amides is 1. The fraction of sp³-hybridized carbons (Fsp3) is 0.625. The van der Waals surface area contributed by atoms with Crippen molar-refractivity contribution in [2.75, 3.05) is 6.61 Å². The highest BCUT2D eigenvalue weighted by Crippen LogP contribution is 2.51. The van der Waals surface area contributed by atoms with Gasteiger partial charge in [-0.15, -0.1) is 0 Å². The van der Waals surface area contributed by atoms with E-state index in [4.69, 9.17) is 9.15 Å². The lowest BCUT2D eigenvalue weighted by Crippen LogP contribution is -2.76. The second-order valence-corrected chi connectivity index (χ2v) is 6.36. The van der Waals surface area contributed by atoms with E-state index in [1.165, 1.54) is 0 Å². The molecular weight excluding hydrogens is 286 g/mol. The van der Waals surface area contributed by atoms with Gasteiger partial charge in [-0.05, 0) is 26.8 Å². The molecule has 6 heteroatoms. The van der Waals surface area contributed by atoms with Gasteiger partial charge in [0.05, 0.1) is 11.7 Å². The molecule has 6 nitrogen and oxygen atoms in total. The molecule has 1 fully saturated rings. The number of furan rings is 1. The van der Waals surface area contributed by atoms with Crippen LogP contribution in [-0.2, 0) is 9.53 Å². The molecule has 2 rings (SSSR count). The molecule has 1 aromatic heterocycles. The minimum absolute atomic E-state index is 0.193. The van der Waals surface area contributed by atoms with Crippen LogP contribution >= 0.6 is 0 Å². The minimum atomic E-state index is -1.33. The first kappa shape index (κ1) is 16.5. The molecule has 22 heavy (non-hydrogen) atoms. The number of carboxylic acid groups (broad SMARTS) is 1. The van der Waals surface area contributed by atoms with Gasteiger partial charge in [-0.25, -0.2) is 4.79 Å². The summed E-state index contributed by atoms with van der Waals surface area (Å²) in [4.78, 5) is 24.3. The lowest BCUT2D eigenvalue weighted by atomic mass is 9.54. The van der Waals surface area contributed by atoms with E-state index in [2.05, 4.69) is 5.32 Å². The number of ether oxygens (including phenoxy) is 1. The molecule has 0 aromatic carbocycles. The van der Waals surface area contributed by atoms with Crippen molar-refractivity contribution in [1.29, 1.82) is 0 Å². The highest BCUT2D eigenvalue weighted by atomic mass is 16.5. The Balaban J connectivity index is 2.26. The molecule has 0 saturated heterocycles. The monoisotopic (exact) mass is 309 g/mol. The molecule has 0 radical (unpaired) electrons. The normalized spacial score (nSPS) is 26.3. The smallest absolute Gasteiger partial charge is 0.330 e. The maximum atomic E-state index is 12.5. The third-order valence-corrected chi connectivity index (χ3v) is 4.74. The van der Waals surface area contributed by atoms with E-state index in [1.54, 1.807) is 33.8 Å². The Morgan fingerprint density at radius 1 is 1.45 bits per heavy atom. The predicted octanol–water partition coefficient (Wildman–Crippen LogP) is 2.28. The van der Waals surface area contributed by atoms with Crippen LogP contribution in [0.15, 0.2) is 10.5 Å². The van der Waals surface area contributed by atoms with Gasteiger partial charge >= 0.3 is 5.97 Å². The number of aryl methyl sites for hydroxylation is 2. The first-order chi connectivity index (χ1) is 10.2. The van der Waals surface area contributed by atoms with Crippen LogP contribution in [0, 0.1) is 19.3 Å². The van der Waals surface area contributed by atoms with Crippen molar-refractivity contribution < 1.29 is 23.8 Å². The summed E-state index contributed by atoms with van der Waals surface area (Å²) in [5, 5.41) is 12.4. The number of hydrogen-bond acceptors (Lipinski definition) is 4. The van der Waals surface area contributed by atoms with Gasteiger partial charge in [0.1, 0.15) is 17.1 Å². The maximum Gasteiger partial charge on any atom is 0.330 e. The number of aliphatic carboxylic acids is 1. The summed E-state index contributed by atoms with van der Waals surface area (Å²) in [6.45, 7) is 9.42. The van der Waals surface area contributed by atoms with Gasteiger partial charge in [0.25, 0.3) is 5.91 Å². The molecule has 2 N–H and O–H groups in total. The van der Waals surface area contributed by atoms with Crippen LogP contribution in [0.3, 0.4) is 0 Å². The first-order valence-electron chi connectivity index (χ1n) is 7.40. The average molecular weight is 309 g/mol. The van der Waals surface area contributed by atoms with Gasteiger partial charge in [-0.2, -0.15) is 0 Å². The summed E-state index contributed by atoms with van der Waals surface area (Å²) in [6, 6.07) is 1.62. The van der Waals surface area contributed by atoms with Crippen LogP contribution in [-0.4, -0.2) is 35.2 Å². The van der Waals surface area contributed by atoms with E-state index in [-0.39, 0.29) is 12.5 Å². The van der Waals surface area contributed by atoms with Gasteiger partial charge in [-0.3, -0.25) is 4.79 Å². The van der Waals surface area contributed by atoms with E-state index < -0.39 is 22.8 Å². The van der Waals surface area contributed by atoms with Crippen LogP contribution in [0.2, 0.25) is 0 Å². The third-order valence-electron chi connectivity index (χ3n) is 4.74. The summed E-state index contributed by atoms with van der Waals surface area (Å²) in [7, 11) is 0. The molecule has 122 valence electrons. The van der Waals surface area contributed by atoms with Crippen molar-refractivity contribution in [3.63, 3.8) is 0 Å². The Morgan fingerprint density at radius 3 is 2.50 bits per heavy atom. The number of hydrogen-bond donors (Lipinski definition) is 2. The molecule has 2 unspecified atom stereocenters. The Morgan fingerprint density at radius 2 is 2.09 bits per heavy atom. The van der Waals surface area contributed by atoms with Gasteiger partial charge in [0.2, 0.25) is 0 Å². The molecule has 1 aromatic rings. The largest absolute Gasteiger partial charge is 0.479 e. The van der Waals surface area contributed by atoms with E-state index in [1.807, 2.05) is 6.92 Å². The highest BCUT2D eigenvalue weighted by molar-refractivity contribution is 5.99. The molecular formula is C16H23NO5. The van der Waals surface area contributed by atoms with Crippen molar-refractivity contribution in [1.82, 2.24) is 5.32 Å². The van der Waals surface area contributed by atoms with Gasteiger partial charge in [-0.1, -0.05) is 13.8 Å². The van der Waals surface area contributed by atoms with Crippen molar-refractivity contribution in [3.8, 4) is 0 Å². The maximum absolute atomic E-state index is 12.5. The Kier molecular flexibility index (Phi) is 4.08. The van der Waals surface area contributed by atoms with Crippen molar-refractivity contribution in [3.05, 3.63) is 23.2 Å². The Labute approximate surface area is 129 Å². The zero-order chi connectivity index (χ0) is 16.7. The number of rotatable bonds is 5. The molecule has 1 amide bonds. The van der Waals surface area contributed by atoms with Gasteiger partial charge < -0.3 is 19.6 Å². The molecule has 1 aliphatic carbocycles. The minimum Gasteiger partial charge on any atom is -0.479 e. The van der Waals surface area contributed by atoms with Crippen LogP contribution in [0.25, 0.3) is 0 Å². The molecule has 0 aliphatic heterocycles. The SMILES string of the molecule is CCOC1CC(NC(=O)c2cc(C)oc2C)(C(=O)O)C1(C)C. The number of nitrogens with one attached hydrogen (secondary N) is 1. The Hall–Kier alpha value is -1.82. The Bertz CT molecular complexity index is 604. The van der Waals surface area contributed by atoms with Crippen LogP contribution < -0.4 is 5.32 Å². The van der Waals surface area contributed by atoms with Crippen LogP contribution in [0.1, 0.15) is 49.1 Å². The first-order valence-corrected chi connectivity index (χ1v) is 7.40. The molecule has 1 heterocycles. The summed E-state index contributed by atoms with van der Waals surface area (Å²) >= 11 is 0.